The third-order valence-electron chi connectivity index (χ3n) is 4.36. The number of thioether (sulfide) groups is 1. The molecule has 2 saturated heterocycles. The van der Waals surface area contributed by atoms with E-state index in [1.807, 2.05) is 36.1 Å². The molecule has 124 valence electrons. The summed E-state index contributed by atoms with van der Waals surface area (Å²) in [6.07, 6.45) is 1.21. The first-order valence-corrected chi connectivity index (χ1v) is 9.24. The highest BCUT2D eigenvalue weighted by molar-refractivity contribution is 7.99. The van der Waals surface area contributed by atoms with Crippen LogP contribution in [0.2, 0.25) is 0 Å². The normalized spacial score (nSPS) is 24.0. The number of amides is 2. The lowest BCUT2D eigenvalue weighted by Crippen LogP contribution is -2.42. The maximum absolute atomic E-state index is 12.4. The van der Waals surface area contributed by atoms with E-state index in [0.717, 1.165) is 42.4 Å². The van der Waals surface area contributed by atoms with Gasteiger partial charge in [0, 0.05) is 24.4 Å². The Hall–Kier alpha value is -1.53. The summed E-state index contributed by atoms with van der Waals surface area (Å²) in [5.74, 6) is 2.27. The Balaban J connectivity index is 1.47. The van der Waals surface area contributed by atoms with E-state index < -0.39 is 0 Å². The molecule has 0 aliphatic carbocycles. The van der Waals surface area contributed by atoms with Gasteiger partial charge in [0.15, 0.2) is 0 Å². The van der Waals surface area contributed by atoms with Gasteiger partial charge in [-0.15, -0.1) is 11.8 Å². The summed E-state index contributed by atoms with van der Waals surface area (Å²) in [7, 11) is 0. The monoisotopic (exact) mass is 333 g/mol. The van der Waals surface area contributed by atoms with Gasteiger partial charge in [-0.3, -0.25) is 9.59 Å². The Morgan fingerprint density at radius 3 is 3.04 bits per heavy atom. The van der Waals surface area contributed by atoms with Gasteiger partial charge in [0.05, 0.1) is 11.9 Å². The van der Waals surface area contributed by atoms with Crippen LogP contribution in [0.4, 0.5) is 5.69 Å². The number of hydrogen-bond acceptors (Lipinski definition) is 4. The molecule has 0 saturated carbocycles. The molecule has 3 rings (SSSR count). The Labute approximate surface area is 141 Å². The highest BCUT2D eigenvalue weighted by atomic mass is 32.2. The molecule has 0 bridgehead atoms. The number of carbonyl (C=O) groups excluding carboxylic acids is 2. The molecule has 2 fully saturated rings. The summed E-state index contributed by atoms with van der Waals surface area (Å²) in [5.41, 5.74) is 1.96. The van der Waals surface area contributed by atoms with Gasteiger partial charge in [-0.05, 0) is 43.5 Å². The molecule has 2 amide bonds. The van der Waals surface area contributed by atoms with Gasteiger partial charge in [-0.1, -0.05) is 12.1 Å². The Morgan fingerprint density at radius 2 is 2.30 bits per heavy atom. The van der Waals surface area contributed by atoms with E-state index in [1.165, 1.54) is 0 Å². The highest BCUT2D eigenvalue weighted by Crippen LogP contribution is 2.22. The van der Waals surface area contributed by atoms with Crippen LogP contribution < -0.4 is 10.6 Å². The van der Waals surface area contributed by atoms with E-state index in [4.69, 9.17) is 0 Å². The summed E-state index contributed by atoms with van der Waals surface area (Å²) in [4.78, 5) is 26.4. The van der Waals surface area contributed by atoms with Crippen molar-refractivity contribution in [2.24, 2.45) is 5.92 Å². The molecule has 0 radical (unpaired) electrons. The van der Waals surface area contributed by atoms with Crippen molar-refractivity contribution >= 4 is 29.3 Å². The van der Waals surface area contributed by atoms with Crippen molar-refractivity contribution in [2.75, 3.05) is 30.0 Å². The quantitative estimate of drug-likeness (QED) is 0.882. The molecule has 2 heterocycles. The van der Waals surface area contributed by atoms with Crippen LogP contribution in [0.1, 0.15) is 18.4 Å². The molecular weight excluding hydrogens is 310 g/mol. The minimum Gasteiger partial charge on any atom is -0.331 e. The van der Waals surface area contributed by atoms with Crippen molar-refractivity contribution in [3.8, 4) is 0 Å². The maximum Gasteiger partial charge on any atom is 0.240 e. The SMILES string of the molecule is Cc1cccc(NC(=O)CC2CN[C@H](C(=O)N3CCSC3)C2)c1. The van der Waals surface area contributed by atoms with Crippen LogP contribution in [0.15, 0.2) is 24.3 Å². The number of nitrogens with one attached hydrogen (secondary N) is 2. The molecule has 1 unspecified atom stereocenters. The number of carbonyl (C=O) groups is 2. The number of nitrogens with zero attached hydrogens (tertiary/aromatic N) is 1. The number of rotatable bonds is 4. The molecule has 2 aliphatic rings. The zero-order chi connectivity index (χ0) is 16.2. The van der Waals surface area contributed by atoms with Crippen LogP contribution in [0.5, 0.6) is 0 Å². The van der Waals surface area contributed by atoms with Crippen molar-refractivity contribution in [3.63, 3.8) is 0 Å². The third-order valence-corrected chi connectivity index (χ3v) is 5.33. The predicted molar refractivity (Wildman–Crippen MR) is 93.4 cm³/mol. The van der Waals surface area contributed by atoms with Gasteiger partial charge >= 0.3 is 0 Å². The van der Waals surface area contributed by atoms with Crippen LogP contribution >= 0.6 is 11.8 Å². The minimum atomic E-state index is -0.120. The minimum absolute atomic E-state index is 0.0206. The standard InChI is InChI=1S/C17H23N3O2S/c1-12-3-2-4-14(7-12)19-16(21)9-13-8-15(18-10-13)17(22)20-5-6-23-11-20/h2-4,7,13,15,18H,5-6,8-11H2,1H3,(H,19,21)/t13?,15-/m0/s1. The van der Waals surface area contributed by atoms with Crippen LogP contribution in [0, 0.1) is 12.8 Å². The smallest absolute Gasteiger partial charge is 0.240 e. The van der Waals surface area contributed by atoms with Crippen LogP contribution in [-0.2, 0) is 9.59 Å². The van der Waals surface area contributed by atoms with Crippen molar-refractivity contribution in [3.05, 3.63) is 29.8 Å². The lowest BCUT2D eigenvalue weighted by Gasteiger charge is -2.19. The van der Waals surface area contributed by atoms with Crippen LogP contribution in [0.25, 0.3) is 0 Å². The molecule has 1 aromatic rings. The second-order valence-corrected chi connectivity index (χ2v) is 7.40. The van der Waals surface area contributed by atoms with Gasteiger partial charge in [0.2, 0.25) is 11.8 Å². The first-order chi connectivity index (χ1) is 11.1. The van der Waals surface area contributed by atoms with E-state index in [9.17, 15) is 9.59 Å². The Morgan fingerprint density at radius 1 is 1.43 bits per heavy atom. The summed E-state index contributed by atoms with van der Waals surface area (Å²) in [6.45, 7) is 3.59. The molecular formula is C17H23N3O2S. The second kappa shape index (κ2) is 7.36. The summed E-state index contributed by atoms with van der Waals surface area (Å²) >= 11 is 1.80. The van der Waals surface area contributed by atoms with Crippen molar-refractivity contribution < 1.29 is 9.59 Å². The summed E-state index contributed by atoms with van der Waals surface area (Å²) in [5, 5.41) is 6.22. The Bertz CT molecular complexity index is 587. The molecule has 2 N–H and O–H groups in total. The maximum atomic E-state index is 12.4. The van der Waals surface area contributed by atoms with Gasteiger partial charge in [0.25, 0.3) is 0 Å². The predicted octanol–water partition coefficient (Wildman–Crippen LogP) is 1.83. The first-order valence-electron chi connectivity index (χ1n) is 8.08. The average Bonchev–Trinajstić information content (AvgIpc) is 3.17. The molecule has 1 aromatic carbocycles. The zero-order valence-electron chi connectivity index (χ0n) is 13.4. The number of aryl methyl sites for hydroxylation is 1. The van der Waals surface area contributed by atoms with Crippen molar-refractivity contribution in [2.45, 2.75) is 25.8 Å². The van der Waals surface area contributed by atoms with E-state index in [1.54, 1.807) is 11.8 Å². The topological polar surface area (TPSA) is 61.4 Å². The number of benzene rings is 1. The van der Waals surface area contributed by atoms with Gasteiger partial charge in [-0.25, -0.2) is 0 Å². The van der Waals surface area contributed by atoms with E-state index in [-0.39, 0.29) is 23.8 Å². The fourth-order valence-electron chi connectivity index (χ4n) is 3.16. The summed E-state index contributed by atoms with van der Waals surface area (Å²) < 4.78 is 0. The third kappa shape index (κ3) is 4.26. The summed E-state index contributed by atoms with van der Waals surface area (Å²) in [6, 6.07) is 7.68. The lowest BCUT2D eigenvalue weighted by molar-refractivity contribution is -0.131. The van der Waals surface area contributed by atoms with Crippen LogP contribution in [0.3, 0.4) is 0 Å². The first kappa shape index (κ1) is 16.3. The van der Waals surface area contributed by atoms with E-state index in [0.29, 0.717) is 6.42 Å². The fraction of sp³-hybridized carbons (Fsp3) is 0.529. The van der Waals surface area contributed by atoms with Gasteiger partial charge < -0.3 is 15.5 Å². The van der Waals surface area contributed by atoms with E-state index in [2.05, 4.69) is 10.6 Å². The molecule has 2 atom stereocenters. The zero-order valence-corrected chi connectivity index (χ0v) is 14.2. The molecule has 0 spiro atoms. The largest absolute Gasteiger partial charge is 0.331 e. The Kier molecular flexibility index (Phi) is 5.23. The fourth-order valence-corrected chi connectivity index (χ4v) is 4.11. The number of anilines is 1. The van der Waals surface area contributed by atoms with E-state index >= 15 is 0 Å². The van der Waals surface area contributed by atoms with Crippen LogP contribution in [-0.4, -0.2) is 47.5 Å². The highest BCUT2D eigenvalue weighted by Gasteiger charge is 2.34. The van der Waals surface area contributed by atoms with Crippen molar-refractivity contribution in [1.82, 2.24) is 10.2 Å². The van der Waals surface area contributed by atoms with Gasteiger partial charge in [-0.2, -0.15) is 0 Å². The lowest BCUT2D eigenvalue weighted by atomic mass is 10.0. The molecule has 6 heteroatoms. The van der Waals surface area contributed by atoms with Crippen molar-refractivity contribution in [1.29, 1.82) is 0 Å². The second-order valence-electron chi connectivity index (χ2n) is 6.32. The molecule has 5 nitrogen and oxygen atoms in total. The molecule has 2 aliphatic heterocycles. The molecule has 23 heavy (non-hydrogen) atoms. The van der Waals surface area contributed by atoms with Gasteiger partial charge in [0.1, 0.15) is 0 Å². The average molecular weight is 333 g/mol. The number of hydrogen-bond donors (Lipinski definition) is 2. The molecule has 0 aromatic heterocycles.